The maximum atomic E-state index is 10.9. The Labute approximate surface area is 110 Å². The van der Waals surface area contributed by atoms with Gasteiger partial charge < -0.3 is 4.74 Å². The van der Waals surface area contributed by atoms with Gasteiger partial charge in [-0.25, -0.2) is 0 Å². The van der Waals surface area contributed by atoms with Crippen molar-refractivity contribution < 1.29 is 9.53 Å². The molecule has 0 saturated carbocycles. The first-order valence-electron chi connectivity index (χ1n) is 4.67. The Morgan fingerprint density at radius 3 is 2.31 bits per heavy atom. The van der Waals surface area contributed by atoms with Crippen molar-refractivity contribution in [2.75, 3.05) is 0 Å². The molecule has 0 aliphatic heterocycles. The average Bonchev–Trinajstić information content (AvgIpc) is 2.16. The molecule has 0 heterocycles. The molecule has 1 aromatic carbocycles. The van der Waals surface area contributed by atoms with Crippen LogP contribution in [0.4, 0.5) is 0 Å². The lowest BCUT2D eigenvalue weighted by atomic mass is 10.2. The molecule has 0 fully saturated rings. The van der Waals surface area contributed by atoms with Crippen LogP contribution in [0.3, 0.4) is 0 Å². The summed E-state index contributed by atoms with van der Waals surface area (Å²) in [4.78, 5) is 10.9. The summed E-state index contributed by atoms with van der Waals surface area (Å²) >= 11 is 17.7. The molecule has 0 radical (unpaired) electrons. The molecule has 0 N–H and O–H groups in total. The van der Waals surface area contributed by atoms with Crippen LogP contribution in [0.1, 0.15) is 12.5 Å². The van der Waals surface area contributed by atoms with E-state index in [-0.39, 0.29) is 0 Å². The van der Waals surface area contributed by atoms with Crippen LogP contribution >= 0.6 is 33.2 Å². The van der Waals surface area contributed by atoms with Gasteiger partial charge in [0.1, 0.15) is 5.73 Å². The van der Waals surface area contributed by atoms with Crippen molar-refractivity contribution in [2.24, 2.45) is 0 Å². The number of rotatable bonds is 4. The highest BCUT2D eigenvalue weighted by Crippen LogP contribution is 2.28. The minimum Gasteiger partial charge on any atom is -0.461 e. The third-order valence-electron chi connectivity index (χ3n) is 1.94. The van der Waals surface area contributed by atoms with E-state index in [9.17, 15) is 4.79 Å². The van der Waals surface area contributed by atoms with Crippen molar-refractivity contribution in [3.8, 4) is 0 Å². The van der Waals surface area contributed by atoms with Crippen LogP contribution in [0.25, 0.3) is 0 Å². The molecule has 0 amide bonds. The van der Waals surface area contributed by atoms with Gasteiger partial charge in [-0.1, -0.05) is 30.3 Å². The first-order valence-corrected chi connectivity index (χ1v) is 9.78. The van der Waals surface area contributed by atoms with Gasteiger partial charge in [-0.15, -0.1) is 33.2 Å². The highest BCUT2D eigenvalue weighted by atomic mass is 35.8. The molecule has 0 aromatic heterocycles. The zero-order valence-electron chi connectivity index (χ0n) is 8.62. The molecule has 0 saturated heterocycles. The predicted octanol–water partition coefficient (Wildman–Crippen LogP) is 3.36. The SMILES string of the molecule is CC(=O)OC(Cc1ccccc1)[Si](Cl)(Cl)Cl. The fourth-order valence-electron chi connectivity index (χ4n) is 1.25. The quantitative estimate of drug-likeness (QED) is 0.484. The molecule has 0 aliphatic carbocycles. The van der Waals surface area contributed by atoms with E-state index in [0.717, 1.165) is 5.56 Å². The molecular weight excluding hydrogens is 287 g/mol. The largest absolute Gasteiger partial charge is 0.461 e. The van der Waals surface area contributed by atoms with Crippen LogP contribution in [-0.4, -0.2) is 17.7 Å². The number of hydrogen-bond donors (Lipinski definition) is 0. The lowest BCUT2D eigenvalue weighted by Gasteiger charge is -2.21. The van der Waals surface area contributed by atoms with Crippen molar-refractivity contribution in [2.45, 2.75) is 19.1 Å². The molecule has 0 aliphatic rings. The molecule has 6 heteroatoms. The van der Waals surface area contributed by atoms with Gasteiger partial charge in [0.05, 0.1) is 0 Å². The van der Waals surface area contributed by atoms with Crippen LogP contribution in [0.15, 0.2) is 30.3 Å². The van der Waals surface area contributed by atoms with Gasteiger partial charge in [-0.3, -0.25) is 4.79 Å². The van der Waals surface area contributed by atoms with Gasteiger partial charge >= 0.3 is 12.0 Å². The third-order valence-corrected chi connectivity index (χ3v) is 5.18. The van der Waals surface area contributed by atoms with E-state index in [4.69, 9.17) is 38.0 Å². The topological polar surface area (TPSA) is 26.3 Å². The zero-order valence-corrected chi connectivity index (χ0v) is 11.9. The summed E-state index contributed by atoms with van der Waals surface area (Å²) in [6.45, 7) is 1.31. The van der Waals surface area contributed by atoms with E-state index >= 15 is 0 Å². The van der Waals surface area contributed by atoms with E-state index in [1.54, 1.807) is 0 Å². The summed E-state index contributed by atoms with van der Waals surface area (Å²) in [5, 5.41) is 0. The van der Waals surface area contributed by atoms with Crippen LogP contribution in [0.2, 0.25) is 0 Å². The highest BCUT2D eigenvalue weighted by molar-refractivity contribution is 7.65. The van der Waals surface area contributed by atoms with Gasteiger partial charge in [-0.2, -0.15) is 0 Å². The van der Waals surface area contributed by atoms with Crippen molar-refractivity contribution in [1.29, 1.82) is 0 Å². The van der Waals surface area contributed by atoms with Crippen molar-refractivity contribution in [3.63, 3.8) is 0 Å². The number of carbonyl (C=O) groups excluding carboxylic acids is 1. The Morgan fingerprint density at radius 2 is 1.88 bits per heavy atom. The van der Waals surface area contributed by atoms with E-state index in [2.05, 4.69) is 0 Å². The average molecular weight is 298 g/mol. The maximum Gasteiger partial charge on any atom is 0.381 e. The first kappa shape index (κ1) is 13.8. The number of esters is 1. The second-order valence-electron chi connectivity index (χ2n) is 3.33. The molecule has 1 aromatic rings. The lowest BCUT2D eigenvalue weighted by molar-refractivity contribution is -0.142. The number of ether oxygens (including phenoxy) is 1. The molecule has 1 unspecified atom stereocenters. The summed E-state index contributed by atoms with van der Waals surface area (Å²) in [6.07, 6.45) is 0.434. The summed E-state index contributed by atoms with van der Waals surface area (Å²) in [6, 6.07) is 6.43. The Balaban J connectivity index is 2.75. The van der Waals surface area contributed by atoms with Crippen molar-refractivity contribution in [3.05, 3.63) is 35.9 Å². The number of hydrogen-bond acceptors (Lipinski definition) is 2. The van der Waals surface area contributed by atoms with Gasteiger partial charge in [0.15, 0.2) is 0 Å². The Kier molecular flexibility index (Phi) is 5.12. The number of benzene rings is 1. The molecule has 1 atom stereocenters. The normalized spacial score (nSPS) is 13.2. The smallest absolute Gasteiger partial charge is 0.381 e. The van der Waals surface area contributed by atoms with Crippen LogP contribution in [0.5, 0.6) is 0 Å². The second kappa shape index (κ2) is 5.91. The summed E-state index contributed by atoms with van der Waals surface area (Å²) < 4.78 is 5.05. The van der Waals surface area contributed by atoms with Crippen LogP contribution < -0.4 is 0 Å². The van der Waals surface area contributed by atoms with Crippen molar-refractivity contribution in [1.82, 2.24) is 0 Å². The summed E-state index contributed by atoms with van der Waals surface area (Å²) in [5.74, 6) is -0.431. The van der Waals surface area contributed by atoms with E-state index < -0.39 is 17.7 Å². The third kappa shape index (κ3) is 4.74. The molecular formula is C10H11Cl3O2Si. The fraction of sp³-hybridized carbons (Fsp3) is 0.300. The number of carbonyl (C=O) groups is 1. The molecule has 0 bridgehead atoms. The Bertz CT molecular complexity index is 351. The summed E-state index contributed by atoms with van der Waals surface area (Å²) in [5.41, 5.74) is 0.338. The van der Waals surface area contributed by atoms with Crippen LogP contribution in [-0.2, 0) is 16.0 Å². The molecule has 2 nitrogen and oxygen atoms in total. The standard InChI is InChI=1S/C10H11Cl3O2Si/c1-8(14)15-10(16(11,12)13)7-9-5-3-2-4-6-9/h2-6,10H,7H2,1H3. The van der Waals surface area contributed by atoms with Gasteiger partial charge in [-0.05, 0) is 5.56 Å². The fourth-order valence-corrected chi connectivity index (χ4v) is 3.11. The highest BCUT2D eigenvalue weighted by Gasteiger charge is 2.39. The maximum absolute atomic E-state index is 10.9. The molecule has 0 spiro atoms. The van der Waals surface area contributed by atoms with E-state index in [1.807, 2.05) is 30.3 Å². The second-order valence-corrected chi connectivity index (χ2v) is 12.2. The Hall–Kier alpha value is -0.223. The zero-order chi connectivity index (χ0) is 12.2. The minimum atomic E-state index is -3.06. The Morgan fingerprint density at radius 1 is 1.31 bits per heavy atom. The molecule has 88 valence electrons. The van der Waals surface area contributed by atoms with Crippen LogP contribution in [0, 0.1) is 0 Å². The van der Waals surface area contributed by atoms with Gasteiger partial charge in [0.2, 0.25) is 0 Å². The predicted molar refractivity (Wildman–Crippen MR) is 69.0 cm³/mol. The van der Waals surface area contributed by atoms with Gasteiger partial charge in [0.25, 0.3) is 0 Å². The molecule has 16 heavy (non-hydrogen) atoms. The monoisotopic (exact) mass is 296 g/mol. The lowest BCUT2D eigenvalue weighted by Crippen LogP contribution is -2.37. The number of halogens is 3. The van der Waals surface area contributed by atoms with Crippen molar-refractivity contribution >= 4 is 45.2 Å². The molecule has 1 rings (SSSR count). The first-order chi connectivity index (χ1) is 7.39. The minimum absolute atomic E-state index is 0.431. The van der Waals surface area contributed by atoms with E-state index in [0.29, 0.717) is 6.42 Å². The summed E-state index contributed by atoms with van der Waals surface area (Å²) in [7, 11) is 0. The van der Waals surface area contributed by atoms with E-state index in [1.165, 1.54) is 6.92 Å². The van der Waals surface area contributed by atoms with Gasteiger partial charge in [0, 0.05) is 13.3 Å².